The Kier molecular flexibility index (Phi) is 4.52. The minimum absolute atomic E-state index is 0.279. The standard InChI is InChI=1S/C12H16ClN5/c1-10-8-16-12(13)17-11(10)15-4-2-3-6-18-7-5-14-9-18/h5,7-9H,2-4,6H2,1H3,(H,15,16,17). The van der Waals surface area contributed by atoms with Crippen molar-refractivity contribution in [2.24, 2.45) is 0 Å². The summed E-state index contributed by atoms with van der Waals surface area (Å²) >= 11 is 5.75. The van der Waals surface area contributed by atoms with Crippen molar-refractivity contribution in [2.45, 2.75) is 26.3 Å². The maximum Gasteiger partial charge on any atom is 0.224 e. The number of imidazole rings is 1. The van der Waals surface area contributed by atoms with Crippen LogP contribution in [-0.2, 0) is 6.54 Å². The van der Waals surface area contributed by atoms with E-state index in [1.807, 2.05) is 19.4 Å². The van der Waals surface area contributed by atoms with Crippen LogP contribution < -0.4 is 5.32 Å². The van der Waals surface area contributed by atoms with Crippen molar-refractivity contribution in [1.29, 1.82) is 0 Å². The minimum Gasteiger partial charge on any atom is -0.370 e. The van der Waals surface area contributed by atoms with Gasteiger partial charge < -0.3 is 9.88 Å². The summed E-state index contributed by atoms with van der Waals surface area (Å²) in [4.78, 5) is 12.1. The number of hydrogen-bond acceptors (Lipinski definition) is 4. The van der Waals surface area contributed by atoms with Crippen LogP contribution in [0, 0.1) is 6.92 Å². The van der Waals surface area contributed by atoms with Gasteiger partial charge in [0.1, 0.15) is 5.82 Å². The fourth-order valence-electron chi connectivity index (χ4n) is 1.64. The third-order valence-corrected chi connectivity index (χ3v) is 2.82. The van der Waals surface area contributed by atoms with E-state index in [4.69, 9.17) is 11.6 Å². The average Bonchev–Trinajstić information content (AvgIpc) is 2.86. The molecule has 0 saturated heterocycles. The summed E-state index contributed by atoms with van der Waals surface area (Å²) < 4.78 is 2.08. The lowest BCUT2D eigenvalue weighted by atomic mass is 10.3. The Labute approximate surface area is 111 Å². The SMILES string of the molecule is Cc1cnc(Cl)nc1NCCCCn1ccnc1. The zero-order chi connectivity index (χ0) is 12.8. The number of aromatic nitrogens is 4. The van der Waals surface area contributed by atoms with Crippen LogP contribution in [0.3, 0.4) is 0 Å². The molecule has 0 saturated carbocycles. The molecule has 6 heteroatoms. The van der Waals surface area contributed by atoms with Crippen LogP contribution in [0.4, 0.5) is 5.82 Å². The number of halogens is 1. The van der Waals surface area contributed by atoms with Crippen LogP contribution in [0.25, 0.3) is 0 Å². The molecule has 0 unspecified atom stereocenters. The molecule has 0 aliphatic rings. The summed E-state index contributed by atoms with van der Waals surface area (Å²) in [6.07, 6.45) is 9.50. The smallest absolute Gasteiger partial charge is 0.224 e. The zero-order valence-electron chi connectivity index (χ0n) is 10.3. The van der Waals surface area contributed by atoms with E-state index in [-0.39, 0.29) is 5.28 Å². The summed E-state index contributed by atoms with van der Waals surface area (Å²) in [6.45, 7) is 3.83. The van der Waals surface area contributed by atoms with Gasteiger partial charge in [0.15, 0.2) is 0 Å². The Morgan fingerprint density at radius 1 is 1.39 bits per heavy atom. The first-order chi connectivity index (χ1) is 8.75. The summed E-state index contributed by atoms with van der Waals surface area (Å²) in [5.41, 5.74) is 1.01. The Hall–Kier alpha value is -1.62. The van der Waals surface area contributed by atoms with Crippen molar-refractivity contribution in [3.05, 3.63) is 35.8 Å². The number of aryl methyl sites for hydroxylation is 2. The Bertz CT molecular complexity index is 483. The van der Waals surface area contributed by atoms with Crippen LogP contribution in [0.2, 0.25) is 5.28 Å². The number of anilines is 1. The van der Waals surface area contributed by atoms with E-state index in [0.717, 1.165) is 37.3 Å². The normalized spacial score (nSPS) is 10.6. The molecule has 2 aromatic heterocycles. The summed E-state index contributed by atoms with van der Waals surface area (Å²) in [5, 5.41) is 3.55. The maximum absolute atomic E-state index is 5.75. The lowest BCUT2D eigenvalue weighted by Gasteiger charge is -2.08. The van der Waals surface area contributed by atoms with Crippen LogP contribution in [0.5, 0.6) is 0 Å². The van der Waals surface area contributed by atoms with E-state index in [1.165, 1.54) is 0 Å². The third-order valence-electron chi connectivity index (χ3n) is 2.64. The third kappa shape index (κ3) is 3.70. The fourth-order valence-corrected chi connectivity index (χ4v) is 1.78. The molecule has 0 bridgehead atoms. The average molecular weight is 266 g/mol. The molecule has 18 heavy (non-hydrogen) atoms. The predicted octanol–water partition coefficient (Wildman–Crippen LogP) is 2.53. The predicted molar refractivity (Wildman–Crippen MR) is 71.7 cm³/mol. The second-order valence-electron chi connectivity index (χ2n) is 4.11. The Morgan fingerprint density at radius 2 is 2.28 bits per heavy atom. The first-order valence-electron chi connectivity index (χ1n) is 5.94. The first-order valence-corrected chi connectivity index (χ1v) is 6.32. The van der Waals surface area contributed by atoms with Gasteiger partial charge in [-0.25, -0.2) is 15.0 Å². The summed E-state index contributed by atoms with van der Waals surface area (Å²) in [5.74, 6) is 0.817. The van der Waals surface area contributed by atoms with E-state index >= 15 is 0 Å². The number of unbranched alkanes of at least 4 members (excludes halogenated alkanes) is 1. The van der Waals surface area contributed by atoms with Gasteiger partial charge in [-0.1, -0.05) is 0 Å². The molecule has 2 heterocycles. The highest BCUT2D eigenvalue weighted by molar-refractivity contribution is 6.28. The molecule has 5 nitrogen and oxygen atoms in total. The molecular weight excluding hydrogens is 250 g/mol. The van der Waals surface area contributed by atoms with Crippen molar-refractivity contribution in [1.82, 2.24) is 19.5 Å². The lowest BCUT2D eigenvalue weighted by molar-refractivity contribution is 0.620. The van der Waals surface area contributed by atoms with Crippen LogP contribution in [0.1, 0.15) is 18.4 Å². The summed E-state index contributed by atoms with van der Waals surface area (Å²) in [7, 11) is 0. The van der Waals surface area contributed by atoms with E-state index in [1.54, 1.807) is 12.4 Å². The van der Waals surface area contributed by atoms with E-state index in [9.17, 15) is 0 Å². The maximum atomic E-state index is 5.75. The Morgan fingerprint density at radius 3 is 3.06 bits per heavy atom. The molecule has 0 aromatic carbocycles. The molecule has 2 aromatic rings. The van der Waals surface area contributed by atoms with Gasteiger partial charge in [0.05, 0.1) is 6.33 Å². The van der Waals surface area contributed by atoms with Gasteiger partial charge in [0, 0.05) is 37.2 Å². The number of hydrogen-bond donors (Lipinski definition) is 1. The van der Waals surface area contributed by atoms with Gasteiger partial charge in [-0.05, 0) is 31.4 Å². The molecule has 0 spiro atoms. The molecular formula is C12H16ClN5. The van der Waals surface area contributed by atoms with Gasteiger partial charge >= 0.3 is 0 Å². The quantitative estimate of drug-likeness (QED) is 0.644. The van der Waals surface area contributed by atoms with Gasteiger partial charge in [0.25, 0.3) is 0 Å². The van der Waals surface area contributed by atoms with Gasteiger partial charge in [-0.2, -0.15) is 0 Å². The molecule has 0 amide bonds. The fraction of sp³-hybridized carbons (Fsp3) is 0.417. The zero-order valence-corrected chi connectivity index (χ0v) is 11.1. The molecule has 0 aliphatic carbocycles. The van der Waals surface area contributed by atoms with Crippen molar-refractivity contribution >= 4 is 17.4 Å². The number of nitrogens with zero attached hydrogens (tertiary/aromatic N) is 4. The summed E-state index contributed by atoms with van der Waals surface area (Å²) in [6, 6.07) is 0. The van der Waals surface area contributed by atoms with Crippen molar-refractivity contribution in [3.63, 3.8) is 0 Å². The van der Waals surface area contributed by atoms with Gasteiger partial charge in [-0.3, -0.25) is 0 Å². The molecule has 0 radical (unpaired) electrons. The van der Waals surface area contributed by atoms with Gasteiger partial charge in [0.2, 0.25) is 5.28 Å². The molecule has 0 atom stereocenters. The Balaban J connectivity index is 1.70. The largest absolute Gasteiger partial charge is 0.370 e. The second-order valence-corrected chi connectivity index (χ2v) is 4.44. The van der Waals surface area contributed by atoms with E-state index in [2.05, 4.69) is 24.8 Å². The van der Waals surface area contributed by atoms with Crippen molar-refractivity contribution < 1.29 is 0 Å². The second kappa shape index (κ2) is 6.35. The highest BCUT2D eigenvalue weighted by Gasteiger charge is 2.01. The molecule has 2 rings (SSSR count). The highest BCUT2D eigenvalue weighted by atomic mass is 35.5. The number of nitrogens with one attached hydrogen (secondary N) is 1. The molecule has 1 N–H and O–H groups in total. The molecule has 0 aliphatic heterocycles. The number of rotatable bonds is 6. The van der Waals surface area contributed by atoms with Crippen molar-refractivity contribution in [3.8, 4) is 0 Å². The first kappa shape index (κ1) is 12.8. The topological polar surface area (TPSA) is 55.6 Å². The van der Waals surface area contributed by atoms with E-state index < -0.39 is 0 Å². The molecule has 0 fully saturated rings. The van der Waals surface area contributed by atoms with Gasteiger partial charge in [-0.15, -0.1) is 0 Å². The molecule has 96 valence electrons. The van der Waals surface area contributed by atoms with E-state index in [0.29, 0.717) is 0 Å². The van der Waals surface area contributed by atoms with Crippen LogP contribution >= 0.6 is 11.6 Å². The monoisotopic (exact) mass is 265 g/mol. The highest BCUT2D eigenvalue weighted by Crippen LogP contribution is 2.12. The minimum atomic E-state index is 0.279. The van der Waals surface area contributed by atoms with Crippen LogP contribution in [-0.4, -0.2) is 26.1 Å². The lowest BCUT2D eigenvalue weighted by Crippen LogP contribution is -2.07. The van der Waals surface area contributed by atoms with Crippen molar-refractivity contribution in [2.75, 3.05) is 11.9 Å². The van der Waals surface area contributed by atoms with Crippen LogP contribution in [0.15, 0.2) is 24.9 Å².